The summed E-state index contributed by atoms with van der Waals surface area (Å²) in [5.74, 6) is 0.421. The van der Waals surface area contributed by atoms with Gasteiger partial charge in [0.05, 0.1) is 0 Å². The zero-order chi connectivity index (χ0) is 7.69. The van der Waals surface area contributed by atoms with E-state index in [4.69, 9.17) is 5.26 Å². The fourth-order valence-corrected chi connectivity index (χ4v) is 2.64. The van der Waals surface area contributed by atoms with E-state index in [-0.39, 0.29) is 11.5 Å². The third-order valence-electron chi connectivity index (χ3n) is 1.75. The topological polar surface area (TPSA) is 76.3 Å². The molecule has 0 amide bonds. The summed E-state index contributed by atoms with van der Waals surface area (Å²) in [4.78, 5) is 0. The fourth-order valence-electron chi connectivity index (χ4n) is 0.965. The highest BCUT2D eigenvalue weighted by molar-refractivity contribution is 8.44. The van der Waals surface area contributed by atoms with Crippen LogP contribution in [0.15, 0.2) is 0 Å². The molecular formula is C5H12N2O2S. The van der Waals surface area contributed by atoms with Crippen molar-refractivity contribution in [3.63, 3.8) is 0 Å². The maximum Gasteiger partial charge on any atom is 0.161 e. The van der Waals surface area contributed by atoms with Crippen LogP contribution in [0.4, 0.5) is 0 Å². The van der Waals surface area contributed by atoms with Gasteiger partial charge in [0.1, 0.15) is 0 Å². The molecule has 0 bridgehead atoms. The predicted octanol–water partition coefficient (Wildman–Crippen LogP) is 0.0893. The fraction of sp³-hybridized carbons (Fsp3) is 0.800. The van der Waals surface area contributed by atoms with E-state index in [0.717, 1.165) is 0 Å². The molecule has 0 unspecified atom stereocenters. The van der Waals surface area contributed by atoms with Gasteiger partial charge in [0.15, 0.2) is 5.40 Å². The summed E-state index contributed by atoms with van der Waals surface area (Å²) in [7, 11) is -3.83. The molecule has 0 radical (unpaired) electrons. The van der Waals surface area contributed by atoms with Crippen molar-refractivity contribution >= 4 is 9.72 Å². The van der Waals surface area contributed by atoms with Crippen molar-refractivity contribution < 1.29 is 9.11 Å². The Morgan fingerprint density at radius 2 is 1.80 bits per heavy atom. The van der Waals surface area contributed by atoms with Gasteiger partial charge in [-0.3, -0.25) is 0 Å². The van der Waals surface area contributed by atoms with Crippen LogP contribution in [0.25, 0.3) is 0 Å². The van der Waals surface area contributed by atoms with Crippen LogP contribution in [0, 0.1) is 10.7 Å². The van der Waals surface area contributed by atoms with Gasteiger partial charge in [0.25, 0.3) is 0 Å². The van der Waals surface area contributed by atoms with Crippen molar-refractivity contribution in [2.45, 2.75) is 0 Å². The maximum atomic E-state index is 9.43. The average Bonchev–Trinajstić information content (AvgIpc) is 1.89. The Bertz CT molecular complexity index is 177. The number of thiol groups is 1. The molecule has 0 aromatic rings. The smallest absolute Gasteiger partial charge is 0.161 e. The Balaban J connectivity index is 2.75. The summed E-state index contributed by atoms with van der Waals surface area (Å²) in [5, 5.41) is 13.1. The van der Waals surface area contributed by atoms with Crippen LogP contribution >= 0.6 is 9.72 Å². The van der Waals surface area contributed by atoms with Crippen molar-refractivity contribution in [1.82, 2.24) is 5.32 Å². The van der Waals surface area contributed by atoms with Crippen molar-refractivity contribution in [3.05, 3.63) is 0 Å². The van der Waals surface area contributed by atoms with Crippen molar-refractivity contribution in [2.24, 2.45) is 0 Å². The van der Waals surface area contributed by atoms with E-state index in [1.165, 1.54) is 0 Å². The van der Waals surface area contributed by atoms with Gasteiger partial charge in [-0.15, -0.1) is 0 Å². The summed E-state index contributed by atoms with van der Waals surface area (Å²) in [6, 6.07) is 0. The van der Waals surface area contributed by atoms with E-state index in [1.807, 2.05) is 0 Å². The first-order valence-corrected chi connectivity index (χ1v) is 5.70. The molecule has 0 saturated carbocycles. The van der Waals surface area contributed by atoms with Gasteiger partial charge in [-0.05, 0) is 0 Å². The van der Waals surface area contributed by atoms with Gasteiger partial charge in [-0.25, -0.2) is 9.72 Å². The van der Waals surface area contributed by atoms with E-state index >= 15 is 0 Å². The third-order valence-corrected chi connectivity index (χ3v) is 4.54. The molecule has 1 aliphatic rings. The van der Waals surface area contributed by atoms with Gasteiger partial charge < -0.3 is 14.4 Å². The molecule has 0 spiro atoms. The summed E-state index contributed by atoms with van der Waals surface area (Å²) >= 11 is 0. The number of nitrogens with zero attached hydrogens (tertiary/aromatic N) is 1. The second kappa shape index (κ2) is 2.10. The van der Waals surface area contributed by atoms with Gasteiger partial charge in [0, 0.05) is 24.6 Å². The van der Waals surface area contributed by atoms with Crippen LogP contribution in [0.2, 0.25) is 0 Å². The largest absolute Gasteiger partial charge is 0.318 e. The molecule has 1 saturated heterocycles. The molecule has 10 heavy (non-hydrogen) atoms. The Hall–Kier alpha value is -0.280. The summed E-state index contributed by atoms with van der Waals surface area (Å²) in [5.41, 5.74) is 0. The Morgan fingerprint density at radius 1 is 1.30 bits per heavy atom. The quantitative estimate of drug-likeness (QED) is 0.302. The summed E-state index contributed by atoms with van der Waals surface area (Å²) in [6.07, 6.45) is 0. The van der Waals surface area contributed by atoms with Crippen LogP contribution in [-0.4, -0.2) is 33.7 Å². The minimum absolute atomic E-state index is 0.210. The maximum absolute atomic E-state index is 9.43. The van der Waals surface area contributed by atoms with Crippen molar-refractivity contribution in [2.75, 3.05) is 24.6 Å². The lowest BCUT2D eigenvalue weighted by Gasteiger charge is -2.54. The van der Waals surface area contributed by atoms with Gasteiger partial charge in [-0.1, -0.05) is 0 Å². The first kappa shape index (κ1) is 7.82. The lowest BCUT2D eigenvalue weighted by Crippen LogP contribution is -2.40. The van der Waals surface area contributed by atoms with E-state index in [0.29, 0.717) is 13.1 Å². The lowest BCUT2D eigenvalue weighted by molar-refractivity contribution is 0.456. The Morgan fingerprint density at radius 3 is 2.10 bits per heavy atom. The highest BCUT2D eigenvalue weighted by Crippen LogP contribution is 2.60. The number of nitriles is 1. The molecule has 1 heterocycles. The van der Waals surface area contributed by atoms with Gasteiger partial charge >= 0.3 is 0 Å². The molecule has 1 rings (SSSR count). The normalized spacial score (nSPS) is 33.1. The van der Waals surface area contributed by atoms with E-state index in [1.54, 1.807) is 5.40 Å². The first-order chi connectivity index (χ1) is 4.55. The molecule has 60 valence electrons. The number of thiocyanates is 1. The van der Waals surface area contributed by atoms with Crippen LogP contribution < -0.4 is 5.32 Å². The number of nitrogens with one attached hydrogen (secondary N) is 1. The Labute approximate surface area is 60.2 Å². The molecular weight excluding hydrogens is 152 g/mol. The molecule has 0 atom stereocenters. The van der Waals surface area contributed by atoms with E-state index < -0.39 is 9.72 Å². The Kier molecular flexibility index (Phi) is 1.65. The van der Waals surface area contributed by atoms with Crippen LogP contribution in [-0.2, 0) is 0 Å². The second-order valence-electron chi connectivity index (χ2n) is 2.69. The number of rotatable bonds is 0. The van der Waals surface area contributed by atoms with Crippen molar-refractivity contribution in [1.29, 1.82) is 5.26 Å². The SMILES string of the molecule is N#C[SH]1(O)(O)CCNCC1. The molecule has 0 aromatic heterocycles. The van der Waals surface area contributed by atoms with Gasteiger partial charge in [-0.2, -0.15) is 5.26 Å². The van der Waals surface area contributed by atoms with E-state index in [9.17, 15) is 9.11 Å². The third kappa shape index (κ3) is 1.41. The van der Waals surface area contributed by atoms with Crippen LogP contribution in [0.5, 0.6) is 0 Å². The highest BCUT2D eigenvalue weighted by atomic mass is 32.3. The molecule has 0 aromatic carbocycles. The highest BCUT2D eigenvalue weighted by Gasteiger charge is 2.29. The van der Waals surface area contributed by atoms with Crippen LogP contribution in [0.1, 0.15) is 0 Å². The predicted molar refractivity (Wildman–Crippen MR) is 42.5 cm³/mol. The van der Waals surface area contributed by atoms with Gasteiger partial charge in [0.2, 0.25) is 0 Å². The minimum atomic E-state index is -3.83. The monoisotopic (exact) mass is 164 g/mol. The van der Waals surface area contributed by atoms with E-state index in [2.05, 4.69) is 5.32 Å². The summed E-state index contributed by atoms with van der Waals surface area (Å²) < 4.78 is 18.9. The molecule has 5 heteroatoms. The number of hydrogen-bond donors (Lipinski definition) is 4. The van der Waals surface area contributed by atoms with Crippen LogP contribution in [0.3, 0.4) is 0 Å². The second-order valence-corrected chi connectivity index (χ2v) is 6.58. The molecule has 3 N–H and O–H groups in total. The number of hydrogen-bond acceptors (Lipinski definition) is 4. The summed E-state index contributed by atoms with van der Waals surface area (Å²) in [6.45, 7) is 1.08. The molecule has 4 nitrogen and oxygen atoms in total. The van der Waals surface area contributed by atoms with Crippen molar-refractivity contribution in [3.8, 4) is 5.40 Å². The molecule has 1 fully saturated rings. The molecule has 0 aliphatic carbocycles. The molecule has 1 aliphatic heterocycles. The zero-order valence-corrected chi connectivity index (χ0v) is 6.51. The zero-order valence-electron chi connectivity index (χ0n) is 5.62. The minimum Gasteiger partial charge on any atom is -0.318 e. The average molecular weight is 164 g/mol. The standard InChI is InChI=1S/C5H12N2O2S/c6-5-10(8,9)3-1-7-2-4-10/h7-10H,1-4H2. The first-order valence-electron chi connectivity index (χ1n) is 3.19. The lowest BCUT2D eigenvalue weighted by atomic mass is 10.6.